The molecule has 2 aromatic carbocycles. The third-order valence-electron chi connectivity index (χ3n) is 3.61. The highest BCUT2D eigenvalue weighted by molar-refractivity contribution is 9.10. The Bertz CT molecular complexity index is 937. The standard InChI is InChI=1S/C17H15BrClN3O3/c1-23-13-7-12-14(16(25-3)15(13)24-2)17(21-8-20-12)22-11-5-4-9(18)6-10(11)19/h4-8H,1-3H3,(H,20,21,22). The van der Waals surface area contributed by atoms with Crippen LogP contribution in [0.2, 0.25) is 5.02 Å². The van der Waals surface area contributed by atoms with Crippen LogP contribution >= 0.6 is 27.5 Å². The lowest BCUT2D eigenvalue weighted by molar-refractivity contribution is 0.327. The fraction of sp³-hybridized carbons (Fsp3) is 0.176. The van der Waals surface area contributed by atoms with Gasteiger partial charge in [-0.15, -0.1) is 0 Å². The van der Waals surface area contributed by atoms with Crippen molar-refractivity contribution in [2.45, 2.75) is 0 Å². The van der Waals surface area contributed by atoms with E-state index in [4.69, 9.17) is 25.8 Å². The number of nitrogens with one attached hydrogen (secondary N) is 1. The summed E-state index contributed by atoms with van der Waals surface area (Å²) in [5.41, 5.74) is 1.36. The first-order valence-electron chi connectivity index (χ1n) is 7.24. The molecular weight excluding hydrogens is 410 g/mol. The molecule has 0 amide bonds. The molecule has 0 unspecified atom stereocenters. The number of anilines is 2. The van der Waals surface area contributed by atoms with Crippen LogP contribution in [0.25, 0.3) is 10.9 Å². The van der Waals surface area contributed by atoms with Crippen molar-refractivity contribution >= 4 is 49.9 Å². The molecule has 3 aromatic rings. The molecule has 0 saturated heterocycles. The number of aromatic nitrogens is 2. The second-order valence-corrected chi connectivity index (χ2v) is 6.33. The summed E-state index contributed by atoms with van der Waals surface area (Å²) in [7, 11) is 4.67. The van der Waals surface area contributed by atoms with Crippen molar-refractivity contribution in [2.75, 3.05) is 26.6 Å². The first-order chi connectivity index (χ1) is 12.1. The first-order valence-corrected chi connectivity index (χ1v) is 8.42. The molecule has 0 bridgehead atoms. The molecule has 0 aliphatic rings. The summed E-state index contributed by atoms with van der Waals surface area (Å²) in [6, 6.07) is 7.31. The SMILES string of the molecule is COc1cc2ncnc(Nc3ccc(Br)cc3Cl)c2c(OC)c1OC. The monoisotopic (exact) mass is 423 g/mol. The second kappa shape index (κ2) is 7.33. The third kappa shape index (κ3) is 3.29. The number of nitrogens with zero attached hydrogens (tertiary/aromatic N) is 2. The zero-order valence-corrected chi connectivity index (χ0v) is 16.1. The molecule has 1 N–H and O–H groups in total. The number of hydrogen-bond acceptors (Lipinski definition) is 6. The maximum Gasteiger partial charge on any atom is 0.204 e. The molecule has 0 aliphatic heterocycles. The van der Waals surface area contributed by atoms with E-state index in [1.165, 1.54) is 6.33 Å². The minimum absolute atomic E-state index is 0.470. The summed E-state index contributed by atoms with van der Waals surface area (Å²) in [4.78, 5) is 8.64. The zero-order chi connectivity index (χ0) is 18.0. The van der Waals surface area contributed by atoms with Crippen LogP contribution in [-0.2, 0) is 0 Å². The van der Waals surface area contributed by atoms with Gasteiger partial charge in [-0.1, -0.05) is 27.5 Å². The van der Waals surface area contributed by atoms with Crippen LogP contribution in [0.5, 0.6) is 17.2 Å². The van der Waals surface area contributed by atoms with E-state index in [0.717, 1.165) is 4.47 Å². The molecule has 6 nitrogen and oxygen atoms in total. The van der Waals surface area contributed by atoms with Gasteiger partial charge in [-0.25, -0.2) is 9.97 Å². The topological polar surface area (TPSA) is 65.5 Å². The predicted octanol–water partition coefficient (Wildman–Crippen LogP) is 4.82. The minimum Gasteiger partial charge on any atom is -0.493 e. The molecule has 0 atom stereocenters. The maximum absolute atomic E-state index is 6.30. The van der Waals surface area contributed by atoms with E-state index in [1.807, 2.05) is 12.1 Å². The lowest BCUT2D eigenvalue weighted by atomic mass is 10.1. The summed E-state index contributed by atoms with van der Waals surface area (Å²) in [6.07, 6.45) is 1.46. The van der Waals surface area contributed by atoms with Gasteiger partial charge < -0.3 is 19.5 Å². The van der Waals surface area contributed by atoms with Gasteiger partial charge in [0.15, 0.2) is 11.5 Å². The summed E-state index contributed by atoms with van der Waals surface area (Å²) < 4.78 is 17.3. The quantitative estimate of drug-likeness (QED) is 0.634. The van der Waals surface area contributed by atoms with Crippen molar-refractivity contribution in [1.82, 2.24) is 9.97 Å². The fourth-order valence-corrected chi connectivity index (χ4v) is 3.22. The van der Waals surface area contributed by atoms with E-state index in [-0.39, 0.29) is 0 Å². The van der Waals surface area contributed by atoms with Gasteiger partial charge >= 0.3 is 0 Å². The van der Waals surface area contributed by atoms with Gasteiger partial charge in [0, 0.05) is 10.5 Å². The molecular formula is C17H15BrClN3O3. The number of benzene rings is 2. The Morgan fingerprint density at radius 1 is 1.00 bits per heavy atom. The molecule has 1 aromatic heterocycles. The summed E-state index contributed by atoms with van der Waals surface area (Å²) in [5, 5.41) is 4.45. The molecule has 0 saturated carbocycles. The molecule has 0 fully saturated rings. The Morgan fingerprint density at radius 2 is 1.76 bits per heavy atom. The van der Waals surface area contributed by atoms with Crippen LogP contribution in [0, 0.1) is 0 Å². The van der Waals surface area contributed by atoms with Gasteiger partial charge in [0.05, 0.1) is 42.9 Å². The van der Waals surface area contributed by atoms with Gasteiger partial charge in [0.25, 0.3) is 0 Å². The number of ether oxygens (including phenoxy) is 3. The average Bonchev–Trinajstić information content (AvgIpc) is 2.62. The Balaban J connectivity index is 2.21. The van der Waals surface area contributed by atoms with Gasteiger partial charge in [0.1, 0.15) is 12.1 Å². The van der Waals surface area contributed by atoms with E-state index in [0.29, 0.717) is 44.7 Å². The maximum atomic E-state index is 6.30. The molecule has 25 heavy (non-hydrogen) atoms. The van der Waals surface area contributed by atoms with Gasteiger partial charge in [0.2, 0.25) is 5.75 Å². The molecule has 8 heteroatoms. The van der Waals surface area contributed by atoms with Crippen molar-refractivity contribution in [3.05, 3.63) is 40.1 Å². The van der Waals surface area contributed by atoms with E-state index >= 15 is 0 Å². The molecule has 0 spiro atoms. The van der Waals surface area contributed by atoms with Crippen molar-refractivity contribution in [3.8, 4) is 17.2 Å². The van der Waals surface area contributed by atoms with Crippen LogP contribution in [0.15, 0.2) is 35.1 Å². The summed E-state index contributed by atoms with van der Waals surface area (Å²) in [5.74, 6) is 2.02. The largest absolute Gasteiger partial charge is 0.493 e. The summed E-state index contributed by atoms with van der Waals surface area (Å²) >= 11 is 9.69. The van der Waals surface area contributed by atoms with E-state index in [2.05, 4.69) is 31.2 Å². The third-order valence-corrected chi connectivity index (χ3v) is 4.42. The fourth-order valence-electron chi connectivity index (χ4n) is 2.50. The Morgan fingerprint density at radius 3 is 2.40 bits per heavy atom. The molecule has 0 aliphatic carbocycles. The lowest BCUT2D eigenvalue weighted by Crippen LogP contribution is -2.01. The number of fused-ring (bicyclic) bond motifs is 1. The normalized spacial score (nSPS) is 10.6. The van der Waals surface area contributed by atoms with Crippen molar-refractivity contribution < 1.29 is 14.2 Å². The van der Waals surface area contributed by atoms with Gasteiger partial charge in [-0.2, -0.15) is 0 Å². The Kier molecular flexibility index (Phi) is 5.15. The van der Waals surface area contributed by atoms with E-state index in [1.54, 1.807) is 33.5 Å². The highest BCUT2D eigenvalue weighted by atomic mass is 79.9. The first kappa shape index (κ1) is 17.6. The number of halogens is 2. The zero-order valence-electron chi connectivity index (χ0n) is 13.8. The molecule has 3 rings (SSSR count). The Hall–Kier alpha value is -2.25. The summed E-state index contributed by atoms with van der Waals surface area (Å²) in [6.45, 7) is 0. The number of methoxy groups -OCH3 is 3. The predicted molar refractivity (Wildman–Crippen MR) is 102 cm³/mol. The van der Waals surface area contributed by atoms with Crippen LogP contribution in [0.1, 0.15) is 0 Å². The highest BCUT2D eigenvalue weighted by Crippen LogP contribution is 2.45. The van der Waals surface area contributed by atoms with Crippen molar-refractivity contribution in [2.24, 2.45) is 0 Å². The number of rotatable bonds is 5. The van der Waals surface area contributed by atoms with E-state index in [9.17, 15) is 0 Å². The van der Waals surface area contributed by atoms with Crippen LogP contribution in [0.3, 0.4) is 0 Å². The number of hydrogen-bond donors (Lipinski definition) is 1. The van der Waals surface area contributed by atoms with Crippen LogP contribution < -0.4 is 19.5 Å². The minimum atomic E-state index is 0.470. The smallest absolute Gasteiger partial charge is 0.204 e. The van der Waals surface area contributed by atoms with Crippen molar-refractivity contribution in [1.29, 1.82) is 0 Å². The average molecular weight is 425 g/mol. The van der Waals surface area contributed by atoms with Gasteiger partial charge in [-0.3, -0.25) is 0 Å². The molecule has 130 valence electrons. The van der Waals surface area contributed by atoms with Gasteiger partial charge in [-0.05, 0) is 18.2 Å². The Labute approximate surface area is 158 Å². The van der Waals surface area contributed by atoms with Crippen LogP contribution in [0.4, 0.5) is 11.5 Å². The highest BCUT2D eigenvalue weighted by Gasteiger charge is 2.20. The van der Waals surface area contributed by atoms with Crippen LogP contribution in [-0.4, -0.2) is 31.3 Å². The second-order valence-electron chi connectivity index (χ2n) is 5.01. The molecule has 0 radical (unpaired) electrons. The lowest BCUT2D eigenvalue weighted by Gasteiger charge is -2.17. The molecule has 1 heterocycles. The van der Waals surface area contributed by atoms with E-state index < -0.39 is 0 Å². The van der Waals surface area contributed by atoms with Crippen molar-refractivity contribution in [3.63, 3.8) is 0 Å².